The van der Waals surface area contributed by atoms with Crippen molar-refractivity contribution in [3.8, 4) is 0 Å². The lowest BCUT2D eigenvalue weighted by Crippen LogP contribution is -2.22. The van der Waals surface area contributed by atoms with Crippen molar-refractivity contribution in [3.63, 3.8) is 0 Å². The molecule has 0 saturated heterocycles. The molecule has 7 nitrogen and oxygen atoms in total. The van der Waals surface area contributed by atoms with Gasteiger partial charge < -0.3 is 5.11 Å². The van der Waals surface area contributed by atoms with Gasteiger partial charge in [0.05, 0.1) is 6.42 Å². The Morgan fingerprint density at radius 1 is 1.30 bits per heavy atom. The fourth-order valence-corrected chi connectivity index (χ4v) is 2.39. The number of hydrogen-bond acceptors (Lipinski definition) is 4. The molecule has 2 aromatic heterocycles. The van der Waals surface area contributed by atoms with Gasteiger partial charge in [0.15, 0.2) is 5.65 Å². The first-order valence-electron chi connectivity index (χ1n) is 6.87. The molecule has 3 aromatic rings. The molecule has 23 heavy (non-hydrogen) atoms. The number of nitrogens with zero attached hydrogens (tertiary/aromatic N) is 3. The molecule has 0 spiro atoms. The molecule has 0 aliphatic heterocycles. The predicted molar refractivity (Wildman–Crippen MR) is 78.9 cm³/mol. The van der Waals surface area contributed by atoms with Crippen LogP contribution in [0.2, 0.25) is 0 Å². The van der Waals surface area contributed by atoms with Gasteiger partial charge in [0.1, 0.15) is 11.5 Å². The number of H-pyrrole nitrogens is 1. The summed E-state index contributed by atoms with van der Waals surface area (Å²) in [4.78, 5) is 23.4. The third-order valence-electron chi connectivity index (χ3n) is 3.54. The van der Waals surface area contributed by atoms with Crippen molar-refractivity contribution in [1.82, 2.24) is 19.8 Å². The second kappa shape index (κ2) is 5.64. The first kappa shape index (κ1) is 14.9. The normalized spacial score (nSPS) is 11.0. The molecule has 0 atom stereocenters. The fraction of sp³-hybridized carbons (Fsp3) is 0.200. The Morgan fingerprint density at radius 3 is 2.65 bits per heavy atom. The number of carbonyl (C=O) groups is 1. The van der Waals surface area contributed by atoms with Crippen LogP contribution in [0, 0.1) is 12.7 Å². The maximum atomic E-state index is 12.9. The number of nitrogens with one attached hydrogen (secondary N) is 1. The van der Waals surface area contributed by atoms with Crippen molar-refractivity contribution < 1.29 is 14.3 Å². The molecule has 0 saturated carbocycles. The molecule has 2 heterocycles. The highest BCUT2D eigenvalue weighted by Gasteiger charge is 2.17. The number of aryl methyl sites for hydroxylation is 1. The van der Waals surface area contributed by atoms with Crippen molar-refractivity contribution in [1.29, 1.82) is 0 Å². The highest BCUT2D eigenvalue weighted by Crippen LogP contribution is 2.13. The molecule has 0 unspecified atom stereocenters. The van der Waals surface area contributed by atoms with Gasteiger partial charge in [-0.2, -0.15) is 4.52 Å². The molecule has 118 valence electrons. The Labute approximate surface area is 129 Å². The Balaban J connectivity index is 2.04. The molecular formula is C15H13FN4O3. The van der Waals surface area contributed by atoms with Crippen LogP contribution in [0.4, 0.5) is 4.39 Å². The van der Waals surface area contributed by atoms with E-state index in [-0.39, 0.29) is 30.0 Å². The van der Waals surface area contributed by atoms with Crippen LogP contribution in [0.3, 0.4) is 0 Å². The Hall–Kier alpha value is -3.03. The minimum atomic E-state index is -1.01. The molecule has 0 aliphatic carbocycles. The summed E-state index contributed by atoms with van der Waals surface area (Å²) in [6, 6.07) is 5.76. The zero-order valence-electron chi connectivity index (χ0n) is 12.2. The van der Waals surface area contributed by atoms with Crippen LogP contribution >= 0.6 is 0 Å². The summed E-state index contributed by atoms with van der Waals surface area (Å²) >= 11 is 0. The van der Waals surface area contributed by atoms with E-state index >= 15 is 0 Å². The van der Waals surface area contributed by atoms with E-state index < -0.39 is 11.5 Å². The van der Waals surface area contributed by atoms with E-state index in [0.717, 1.165) is 5.56 Å². The van der Waals surface area contributed by atoms with E-state index in [9.17, 15) is 14.0 Å². The van der Waals surface area contributed by atoms with E-state index in [1.807, 2.05) is 0 Å². The molecule has 2 N–H and O–H groups in total. The van der Waals surface area contributed by atoms with Gasteiger partial charge in [0, 0.05) is 17.7 Å². The van der Waals surface area contributed by atoms with Gasteiger partial charge in [0.25, 0.3) is 5.56 Å². The number of aromatic nitrogens is 4. The molecule has 8 heteroatoms. The largest absolute Gasteiger partial charge is 0.481 e. The van der Waals surface area contributed by atoms with Crippen LogP contribution in [-0.4, -0.2) is 30.9 Å². The third-order valence-corrected chi connectivity index (χ3v) is 3.54. The topological polar surface area (TPSA) is 100 Å². The second-order valence-electron chi connectivity index (χ2n) is 5.20. The molecular weight excluding hydrogens is 303 g/mol. The zero-order chi connectivity index (χ0) is 16.6. The lowest BCUT2D eigenvalue weighted by Gasteiger charge is -2.01. The average Bonchev–Trinajstić information content (AvgIpc) is 2.81. The van der Waals surface area contributed by atoms with Crippen molar-refractivity contribution in [2.75, 3.05) is 0 Å². The van der Waals surface area contributed by atoms with Crippen molar-refractivity contribution in [2.45, 2.75) is 19.8 Å². The molecule has 1 aromatic carbocycles. The standard InChI is InChI=1S/C15H13FN4O3/c1-8-11(7-13(21)22)14-18-17-12(15(23)20(14)19-8)6-9-2-4-10(16)5-3-9/h2-5,19H,6-7H2,1H3,(H,21,22). The van der Waals surface area contributed by atoms with Gasteiger partial charge in [-0.3, -0.25) is 14.7 Å². The lowest BCUT2D eigenvalue weighted by atomic mass is 10.1. The highest BCUT2D eigenvalue weighted by molar-refractivity contribution is 5.73. The fourth-order valence-electron chi connectivity index (χ4n) is 2.39. The second-order valence-corrected chi connectivity index (χ2v) is 5.20. The maximum absolute atomic E-state index is 12.9. The van der Waals surface area contributed by atoms with Crippen molar-refractivity contribution in [2.24, 2.45) is 0 Å². The Bertz CT molecular complexity index is 944. The summed E-state index contributed by atoms with van der Waals surface area (Å²) in [6.45, 7) is 1.67. The van der Waals surface area contributed by atoms with Crippen LogP contribution < -0.4 is 5.56 Å². The minimum Gasteiger partial charge on any atom is -0.481 e. The number of benzene rings is 1. The SMILES string of the molecule is Cc1[nH]n2c(=O)c(Cc3ccc(F)cc3)nnc2c1CC(=O)O. The monoisotopic (exact) mass is 316 g/mol. The Kier molecular flexibility index (Phi) is 3.65. The van der Waals surface area contributed by atoms with E-state index in [4.69, 9.17) is 5.11 Å². The van der Waals surface area contributed by atoms with Gasteiger partial charge in [0.2, 0.25) is 0 Å². The smallest absolute Gasteiger partial charge is 0.308 e. The lowest BCUT2D eigenvalue weighted by molar-refractivity contribution is -0.136. The van der Waals surface area contributed by atoms with Gasteiger partial charge in [-0.15, -0.1) is 10.2 Å². The van der Waals surface area contributed by atoms with E-state index in [2.05, 4.69) is 15.3 Å². The van der Waals surface area contributed by atoms with Crippen LogP contribution in [0.25, 0.3) is 5.65 Å². The molecule has 0 bridgehead atoms. The number of aromatic amines is 1. The number of halogens is 1. The van der Waals surface area contributed by atoms with Crippen molar-refractivity contribution in [3.05, 3.63) is 63.0 Å². The summed E-state index contributed by atoms with van der Waals surface area (Å²) in [5, 5.41) is 19.6. The predicted octanol–water partition coefficient (Wildman–Crippen LogP) is 1.08. The first-order chi connectivity index (χ1) is 11.0. The summed E-state index contributed by atoms with van der Waals surface area (Å²) < 4.78 is 14.1. The van der Waals surface area contributed by atoms with Crippen LogP contribution in [-0.2, 0) is 17.6 Å². The number of rotatable bonds is 4. The third kappa shape index (κ3) is 2.83. The zero-order valence-corrected chi connectivity index (χ0v) is 12.2. The number of carboxylic acids is 1. The average molecular weight is 316 g/mol. The van der Waals surface area contributed by atoms with Crippen LogP contribution in [0.15, 0.2) is 29.1 Å². The van der Waals surface area contributed by atoms with Crippen LogP contribution in [0.5, 0.6) is 0 Å². The van der Waals surface area contributed by atoms with Gasteiger partial charge in [-0.25, -0.2) is 4.39 Å². The summed E-state index contributed by atoms with van der Waals surface area (Å²) in [5.41, 5.74) is 1.70. The van der Waals surface area contributed by atoms with E-state index in [1.165, 1.54) is 16.6 Å². The van der Waals surface area contributed by atoms with Gasteiger partial charge >= 0.3 is 5.97 Å². The van der Waals surface area contributed by atoms with Crippen LogP contribution in [0.1, 0.15) is 22.5 Å². The molecule has 0 aliphatic rings. The molecule has 0 amide bonds. The highest BCUT2D eigenvalue weighted by atomic mass is 19.1. The number of hydrogen-bond donors (Lipinski definition) is 2. The summed E-state index contributed by atoms with van der Waals surface area (Å²) in [6.07, 6.45) is -0.0361. The molecule has 0 fully saturated rings. The first-order valence-corrected chi connectivity index (χ1v) is 6.87. The number of aliphatic carboxylic acids is 1. The van der Waals surface area contributed by atoms with Gasteiger partial charge in [-0.1, -0.05) is 12.1 Å². The number of fused-ring (bicyclic) bond motifs is 1. The number of carboxylic acid groups (broad SMARTS) is 1. The van der Waals surface area contributed by atoms with E-state index in [1.54, 1.807) is 19.1 Å². The summed E-state index contributed by atoms with van der Waals surface area (Å²) in [7, 11) is 0. The molecule has 0 radical (unpaired) electrons. The van der Waals surface area contributed by atoms with E-state index in [0.29, 0.717) is 11.3 Å². The maximum Gasteiger partial charge on any atom is 0.308 e. The van der Waals surface area contributed by atoms with Crippen molar-refractivity contribution >= 4 is 11.6 Å². The Morgan fingerprint density at radius 2 is 2.00 bits per heavy atom. The minimum absolute atomic E-state index is 0.192. The quantitative estimate of drug-likeness (QED) is 0.750. The van der Waals surface area contributed by atoms with Gasteiger partial charge in [-0.05, 0) is 24.6 Å². The molecule has 3 rings (SSSR count). The summed E-state index contributed by atoms with van der Waals surface area (Å²) in [5.74, 6) is -1.37.